The number of guanidine groups is 1. The van der Waals surface area contributed by atoms with Crippen molar-refractivity contribution in [3.63, 3.8) is 0 Å². The fourth-order valence-corrected chi connectivity index (χ4v) is 4.34. The smallest absolute Gasteiger partial charge is 0.191 e. The molecule has 0 aliphatic carbocycles. The van der Waals surface area contributed by atoms with E-state index < -0.39 is 0 Å². The molecule has 3 aromatic rings. The Morgan fingerprint density at radius 1 is 1.12 bits per heavy atom. The van der Waals surface area contributed by atoms with Gasteiger partial charge in [-0.2, -0.15) is 0 Å². The highest BCUT2D eigenvalue weighted by atomic mass is 127. The highest BCUT2D eigenvalue weighted by molar-refractivity contribution is 14.0. The van der Waals surface area contributed by atoms with E-state index in [1.807, 2.05) is 6.20 Å². The molecule has 7 heteroatoms. The lowest BCUT2D eigenvalue weighted by Gasteiger charge is -2.36. The zero-order valence-corrected chi connectivity index (χ0v) is 20.8. The summed E-state index contributed by atoms with van der Waals surface area (Å²) in [4.78, 5) is 8.17. The lowest BCUT2D eigenvalue weighted by atomic mass is 9.74. The molecule has 1 aliphatic heterocycles. The summed E-state index contributed by atoms with van der Waals surface area (Å²) in [7, 11) is 0. The topological polar surface area (TPSA) is 61.4 Å². The molecule has 0 bridgehead atoms. The fraction of sp³-hybridized carbons (Fsp3) is 0.400. The van der Waals surface area contributed by atoms with Crippen LogP contribution < -0.4 is 10.6 Å². The van der Waals surface area contributed by atoms with Crippen LogP contribution in [0, 0.1) is 5.82 Å². The first-order valence-electron chi connectivity index (χ1n) is 11.1. The summed E-state index contributed by atoms with van der Waals surface area (Å²) >= 11 is 0. The number of fused-ring (bicyclic) bond motifs is 1. The van der Waals surface area contributed by atoms with Gasteiger partial charge in [-0.3, -0.25) is 4.99 Å². The molecule has 1 fully saturated rings. The lowest BCUT2D eigenvalue weighted by Crippen LogP contribution is -2.41. The number of hydrogen-bond donors (Lipinski definition) is 3. The van der Waals surface area contributed by atoms with Gasteiger partial charge in [0.05, 0.1) is 6.54 Å². The third-order valence-electron chi connectivity index (χ3n) is 6.14. The van der Waals surface area contributed by atoms with Gasteiger partial charge in [-0.25, -0.2) is 4.39 Å². The molecule has 0 saturated carbocycles. The first-order chi connectivity index (χ1) is 15.2. The average molecular weight is 550 g/mol. The molecule has 4 rings (SSSR count). The van der Waals surface area contributed by atoms with Gasteiger partial charge in [0.2, 0.25) is 0 Å². The summed E-state index contributed by atoms with van der Waals surface area (Å²) in [6.07, 6.45) is 4.69. The van der Waals surface area contributed by atoms with Gasteiger partial charge in [-0.15, -0.1) is 24.0 Å². The van der Waals surface area contributed by atoms with Crippen molar-refractivity contribution in [2.45, 2.75) is 31.6 Å². The van der Waals surface area contributed by atoms with Crippen LogP contribution in [0.3, 0.4) is 0 Å². The molecule has 0 spiro atoms. The van der Waals surface area contributed by atoms with E-state index in [-0.39, 0.29) is 35.2 Å². The molecular formula is C25H32FIN4O. The molecule has 1 aliphatic rings. The van der Waals surface area contributed by atoms with Gasteiger partial charge in [0.25, 0.3) is 0 Å². The molecule has 1 saturated heterocycles. The number of aliphatic imine (C=N–C) groups is 1. The molecule has 1 aromatic heterocycles. The quantitative estimate of drug-likeness (QED) is 0.226. The van der Waals surface area contributed by atoms with Crippen LogP contribution in [-0.4, -0.2) is 43.8 Å². The Balaban J connectivity index is 0.00000289. The van der Waals surface area contributed by atoms with Crippen molar-refractivity contribution in [2.75, 3.05) is 32.8 Å². The van der Waals surface area contributed by atoms with Crippen LogP contribution in [-0.2, 0) is 16.6 Å². The van der Waals surface area contributed by atoms with Gasteiger partial charge in [-0.05, 0) is 55.5 Å². The zero-order chi connectivity index (χ0) is 21.5. The van der Waals surface area contributed by atoms with Crippen molar-refractivity contribution < 1.29 is 9.13 Å². The van der Waals surface area contributed by atoms with E-state index in [9.17, 15) is 4.39 Å². The number of benzene rings is 2. The van der Waals surface area contributed by atoms with Gasteiger partial charge in [0, 0.05) is 48.8 Å². The van der Waals surface area contributed by atoms with E-state index in [0.717, 1.165) is 68.0 Å². The van der Waals surface area contributed by atoms with E-state index in [1.54, 1.807) is 12.1 Å². The maximum Gasteiger partial charge on any atom is 0.191 e. The Morgan fingerprint density at radius 3 is 2.66 bits per heavy atom. The number of nitrogens with zero attached hydrogens (tertiary/aromatic N) is 1. The second kappa shape index (κ2) is 11.7. The van der Waals surface area contributed by atoms with E-state index in [4.69, 9.17) is 9.73 Å². The maximum atomic E-state index is 13.6. The van der Waals surface area contributed by atoms with E-state index in [1.165, 1.54) is 11.6 Å². The molecule has 2 heterocycles. The van der Waals surface area contributed by atoms with Crippen molar-refractivity contribution in [1.29, 1.82) is 0 Å². The first-order valence-corrected chi connectivity index (χ1v) is 11.1. The normalized spacial score (nSPS) is 15.9. The molecule has 32 heavy (non-hydrogen) atoms. The Labute approximate surface area is 206 Å². The number of ether oxygens (including phenoxy) is 1. The minimum Gasteiger partial charge on any atom is -0.381 e. The fourth-order valence-electron chi connectivity index (χ4n) is 4.34. The van der Waals surface area contributed by atoms with Crippen molar-refractivity contribution in [1.82, 2.24) is 15.6 Å². The largest absolute Gasteiger partial charge is 0.381 e. The van der Waals surface area contributed by atoms with Gasteiger partial charge in [0.1, 0.15) is 5.82 Å². The number of aromatic nitrogens is 1. The minimum atomic E-state index is -0.209. The summed E-state index contributed by atoms with van der Waals surface area (Å²) in [5.74, 6) is 0.606. The zero-order valence-electron chi connectivity index (χ0n) is 18.5. The minimum absolute atomic E-state index is 0. The van der Waals surface area contributed by atoms with Crippen LogP contribution in [0.15, 0.2) is 59.7 Å². The number of halogens is 2. The highest BCUT2D eigenvalue weighted by Gasteiger charge is 2.34. The third-order valence-corrected chi connectivity index (χ3v) is 6.14. The molecule has 172 valence electrons. The molecule has 0 radical (unpaired) electrons. The van der Waals surface area contributed by atoms with Crippen molar-refractivity contribution >= 4 is 40.8 Å². The van der Waals surface area contributed by atoms with Crippen molar-refractivity contribution in [3.05, 3.63) is 71.7 Å². The third kappa shape index (κ3) is 5.81. The summed E-state index contributed by atoms with van der Waals surface area (Å²) in [6, 6.07) is 15.5. The van der Waals surface area contributed by atoms with Crippen LogP contribution in [0.25, 0.3) is 10.9 Å². The Hall–Kier alpha value is -2.13. The molecule has 5 nitrogen and oxygen atoms in total. The van der Waals surface area contributed by atoms with Gasteiger partial charge in [-0.1, -0.05) is 30.3 Å². The number of hydrogen-bond acceptors (Lipinski definition) is 2. The van der Waals surface area contributed by atoms with Crippen LogP contribution in [0.1, 0.15) is 30.9 Å². The molecular weight excluding hydrogens is 518 g/mol. The Morgan fingerprint density at radius 2 is 1.91 bits per heavy atom. The summed E-state index contributed by atoms with van der Waals surface area (Å²) in [5.41, 5.74) is 3.40. The van der Waals surface area contributed by atoms with E-state index >= 15 is 0 Å². The Bertz CT molecular complexity index is 1020. The molecule has 0 amide bonds. The predicted octanol–water partition coefficient (Wildman–Crippen LogP) is 4.77. The standard InChI is InChI=1S/C25H31FN4O.HI/c1-2-27-24(28-13-10-19-17-29-23-9-8-21(26)16-22(19)23)30-18-25(11-14-31-15-12-25)20-6-4-3-5-7-20;/h3-9,16-17,29H,2,10-15,18H2,1H3,(H2,27,28,30);1H. The maximum absolute atomic E-state index is 13.6. The second-order valence-corrected chi connectivity index (χ2v) is 8.13. The van der Waals surface area contributed by atoms with Crippen molar-refractivity contribution in [2.24, 2.45) is 4.99 Å². The summed E-state index contributed by atoms with van der Waals surface area (Å²) in [6.45, 7) is 5.84. The van der Waals surface area contributed by atoms with Crippen LogP contribution in [0.5, 0.6) is 0 Å². The predicted molar refractivity (Wildman–Crippen MR) is 140 cm³/mol. The lowest BCUT2D eigenvalue weighted by molar-refractivity contribution is 0.0531. The number of nitrogens with one attached hydrogen (secondary N) is 3. The van der Waals surface area contributed by atoms with E-state index in [2.05, 4.69) is 52.9 Å². The summed E-state index contributed by atoms with van der Waals surface area (Å²) in [5, 5.41) is 7.74. The first kappa shape index (κ1) is 24.5. The van der Waals surface area contributed by atoms with E-state index in [0.29, 0.717) is 6.54 Å². The van der Waals surface area contributed by atoms with Crippen LogP contribution in [0.4, 0.5) is 4.39 Å². The SMILES string of the molecule is CCNC(=NCC1(c2ccccc2)CCOCC1)NCCc1c[nH]c2ccc(F)cc12.I. The number of rotatable bonds is 7. The second-order valence-electron chi connectivity index (χ2n) is 8.13. The highest BCUT2D eigenvalue weighted by Crippen LogP contribution is 2.35. The van der Waals surface area contributed by atoms with Crippen molar-refractivity contribution in [3.8, 4) is 0 Å². The molecule has 0 atom stereocenters. The number of H-pyrrole nitrogens is 1. The monoisotopic (exact) mass is 550 g/mol. The van der Waals surface area contributed by atoms with Gasteiger partial charge >= 0.3 is 0 Å². The van der Waals surface area contributed by atoms with Gasteiger partial charge in [0.15, 0.2) is 5.96 Å². The summed E-state index contributed by atoms with van der Waals surface area (Å²) < 4.78 is 19.3. The molecule has 0 unspecified atom stereocenters. The molecule has 2 aromatic carbocycles. The Kier molecular flexibility index (Phi) is 8.92. The van der Waals surface area contributed by atoms with Crippen LogP contribution in [0.2, 0.25) is 0 Å². The van der Waals surface area contributed by atoms with Crippen LogP contribution >= 0.6 is 24.0 Å². The average Bonchev–Trinajstić information content (AvgIpc) is 3.20. The van der Waals surface area contributed by atoms with Gasteiger partial charge < -0.3 is 20.4 Å². The molecule has 3 N–H and O–H groups in total. The number of aromatic amines is 1.